The largest absolute Gasteiger partial charge is 0.396 e. The average molecular weight is 191 g/mol. The number of amides is 1. The fourth-order valence-electron chi connectivity index (χ4n) is 1.86. The highest BCUT2D eigenvalue weighted by atomic mass is 16.3. The van der Waals surface area contributed by atoms with Crippen molar-refractivity contribution in [2.24, 2.45) is 0 Å². The molecule has 0 radical (unpaired) electrons. The lowest BCUT2D eigenvalue weighted by Crippen LogP contribution is -2.12. The SMILES string of the molecule is O=C1Nc2ccccc2C1CCCO. The van der Waals surface area contributed by atoms with Crippen LogP contribution in [0.3, 0.4) is 0 Å². The first-order chi connectivity index (χ1) is 6.83. The van der Waals surface area contributed by atoms with Crippen molar-refractivity contribution in [1.82, 2.24) is 0 Å². The number of hydrogen-bond acceptors (Lipinski definition) is 2. The van der Waals surface area contributed by atoms with Crippen LogP contribution >= 0.6 is 0 Å². The summed E-state index contributed by atoms with van der Waals surface area (Å²) in [5.41, 5.74) is 1.98. The van der Waals surface area contributed by atoms with Crippen molar-refractivity contribution >= 4 is 11.6 Å². The van der Waals surface area contributed by atoms with E-state index in [1.165, 1.54) is 0 Å². The summed E-state index contributed by atoms with van der Waals surface area (Å²) in [5, 5.41) is 11.6. The highest BCUT2D eigenvalue weighted by molar-refractivity contribution is 6.02. The second kappa shape index (κ2) is 3.80. The van der Waals surface area contributed by atoms with Crippen LogP contribution in [0, 0.1) is 0 Å². The third-order valence-corrected chi connectivity index (χ3v) is 2.56. The van der Waals surface area contributed by atoms with Crippen LogP contribution in [0.1, 0.15) is 24.3 Å². The van der Waals surface area contributed by atoms with Crippen LogP contribution in [0.4, 0.5) is 5.69 Å². The molecule has 1 amide bonds. The van der Waals surface area contributed by atoms with Gasteiger partial charge < -0.3 is 10.4 Å². The van der Waals surface area contributed by atoms with Crippen molar-refractivity contribution in [2.75, 3.05) is 11.9 Å². The zero-order chi connectivity index (χ0) is 9.97. The fraction of sp³-hybridized carbons (Fsp3) is 0.364. The Morgan fingerprint density at radius 3 is 2.93 bits per heavy atom. The van der Waals surface area contributed by atoms with Crippen LogP contribution in [-0.2, 0) is 4.79 Å². The summed E-state index contributed by atoms with van der Waals surface area (Å²) in [6.45, 7) is 0.145. The van der Waals surface area contributed by atoms with E-state index in [0.717, 1.165) is 17.7 Å². The molecule has 1 atom stereocenters. The van der Waals surface area contributed by atoms with Gasteiger partial charge in [-0.05, 0) is 24.5 Å². The van der Waals surface area contributed by atoms with E-state index in [2.05, 4.69) is 5.32 Å². The Morgan fingerprint density at radius 2 is 2.14 bits per heavy atom. The Kier molecular flexibility index (Phi) is 2.50. The van der Waals surface area contributed by atoms with E-state index in [4.69, 9.17) is 5.11 Å². The smallest absolute Gasteiger partial charge is 0.232 e. The van der Waals surface area contributed by atoms with E-state index >= 15 is 0 Å². The van der Waals surface area contributed by atoms with Gasteiger partial charge in [0.1, 0.15) is 0 Å². The van der Waals surface area contributed by atoms with E-state index in [0.29, 0.717) is 6.42 Å². The van der Waals surface area contributed by atoms with Gasteiger partial charge in [0.05, 0.1) is 5.92 Å². The molecule has 14 heavy (non-hydrogen) atoms. The summed E-state index contributed by atoms with van der Waals surface area (Å²) in [5.74, 6) is -0.0157. The minimum atomic E-state index is -0.0710. The molecule has 1 heterocycles. The fourth-order valence-corrected chi connectivity index (χ4v) is 1.86. The first-order valence-corrected chi connectivity index (χ1v) is 4.83. The number of anilines is 1. The molecule has 1 aliphatic heterocycles. The number of benzene rings is 1. The molecule has 2 rings (SSSR count). The molecule has 3 nitrogen and oxygen atoms in total. The number of rotatable bonds is 3. The molecular formula is C11H13NO2. The third kappa shape index (κ3) is 1.51. The van der Waals surface area contributed by atoms with Gasteiger partial charge in [0.2, 0.25) is 5.91 Å². The molecule has 1 aromatic carbocycles. The molecule has 0 aliphatic carbocycles. The highest BCUT2D eigenvalue weighted by Gasteiger charge is 2.28. The Bertz CT molecular complexity index is 349. The van der Waals surface area contributed by atoms with Gasteiger partial charge in [-0.25, -0.2) is 0 Å². The lowest BCUT2D eigenvalue weighted by molar-refractivity contribution is -0.117. The first-order valence-electron chi connectivity index (χ1n) is 4.83. The molecule has 1 unspecified atom stereocenters. The van der Waals surface area contributed by atoms with E-state index in [9.17, 15) is 4.79 Å². The molecule has 74 valence electrons. The van der Waals surface area contributed by atoms with Crippen LogP contribution in [0.2, 0.25) is 0 Å². The average Bonchev–Trinajstić information content (AvgIpc) is 2.51. The van der Waals surface area contributed by atoms with Gasteiger partial charge in [0.15, 0.2) is 0 Å². The predicted molar refractivity (Wildman–Crippen MR) is 54.1 cm³/mol. The van der Waals surface area contributed by atoms with Gasteiger partial charge in [-0.2, -0.15) is 0 Å². The Hall–Kier alpha value is -1.35. The normalized spacial score (nSPS) is 19.2. The van der Waals surface area contributed by atoms with Gasteiger partial charge in [-0.1, -0.05) is 18.2 Å². The van der Waals surface area contributed by atoms with Gasteiger partial charge in [-0.3, -0.25) is 4.79 Å². The van der Waals surface area contributed by atoms with E-state index < -0.39 is 0 Å². The monoisotopic (exact) mass is 191 g/mol. The molecule has 1 aliphatic rings. The van der Waals surface area contributed by atoms with Crippen molar-refractivity contribution < 1.29 is 9.90 Å². The molecule has 0 aromatic heterocycles. The summed E-state index contributed by atoms with van der Waals surface area (Å²) >= 11 is 0. The van der Waals surface area contributed by atoms with Crippen molar-refractivity contribution in [3.05, 3.63) is 29.8 Å². The molecule has 0 bridgehead atoms. The van der Waals surface area contributed by atoms with Gasteiger partial charge in [0, 0.05) is 12.3 Å². The molecule has 0 fully saturated rings. The zero-order valence-corrected chi connectivity index (χ0v) is 7.86. The topological polar surface area (TPSA) is 49.3 Å². The number of hydrogen-bond donors (Lipinski definition) is 2. The third-order valence-electron chi connectivity index (χ3n) is 2.56. The Morgan fingerprint density at radius 1 is 1.36 bits per heavy atom. The van der Waals surface area contributed by atoms with Crippen LogP contribution in [0.5, 0.6) is 0 Å². The minimum Gasteiger partial charge on any atom is -0.396 e. The highest BCUT2D eigenvalue weighted by Crippen LogP contribution is 2.34. The maximum Gasteiger partial charge on any atom is 0.232 e. The van der Waals surface area contributed by atoms with E-state index in [1.54, 1.807) is 0 Å². The van der Waals surface area contributed by atoms with Crippen molar-refractivity contribution in [1.29, 1.82) is 0 Å². The van der Waals surface area contributed by atoms with Crippen molar-refractivity contribution in [2.45, 2.75) is 18.8 Å². The number of carbonyl (C=O) groups is 1. The number of fused-ring (bicyclic) bond motifs is 1. The minimum absolute atomic E-state index is 0.0552. The Labute approximate surface area is 82.8 Å². The van der Waals surface area contributed by atoms with Crippen LogP contribution in [0.15, 0.2) is 24.3 Å². The second-order valence-electron chi connectivity index (χ2n) is 3.49. The maximum absolute atomic E-state index is 11.5. The molecule has 0 saturated heterocycles. The molecular weight excluding hydrogens is 178 g/mol. The van der Waals surface area contributed by atoms with Gasteiger partial charge in [-0.15, -0.1) is 0 Å². The summed E-state index contributed by atoms with van der Waals surface area (Å²) in [7, 11) is 0. The first kappa shape index (κ1) is 9.21. The van der Waals surface area contributed by atoms with Crippen LogP contribution in [-0.4, -0.2) is 17.6 Å². The molecule has 3 heteroatoms. The lowest BCUT2D eigenvalue weighted by Gasteiger charge is -2.06. The zero-order valence-electron chi connectivity index (χ0n) is 7.86. The van der Waals surface area contributed by atoms with E-state index in [-0.39, 0.29) is 18.4 Å². The van der Waals surface area contributed by atoms with Gasteiger partial charge in [0.25, 0.3) is 0 Å². The van der Waals surface area contributed by atoms with E-state index in [1.807, 2.05) is 24.3 Å². The standard InChI is InChI=1S/C11H13NO2/c13-7-3-5-9-8-4-1-2-6-10(8)12-11(9)14/h1-2,4,6,9,13H,3,5,7H2,(H,12,14). The second-order valence-corrected chi connectivity index (χ2v) is 3.49. The quantitative estimate of drug-likeness (QED) is 0.760. The number of aliphatic hydroxyl groups excluding tert-OH is 1. The number of aliphatic hydroxyl groups is 1. The molecule has 2 N–H and O–H groups in total. The predicted octanol–water partition coefficient (Wildman–Crippen LogP) is 1.49. The van der Waals surface area contributed by atoms with Gasteiger partial charge >= 0.3 is 0 Å². The Balaban J connectivity index is 2.21. The van der Waals surface area contributed by atoms with Crippen LogP contribution < -0.4 is 5.32 Å². The summed E-state index contributed by atoms with van der Waals surface area (Å²) < 4.78 is 0. The number of para-hydroxylation sites is 1. The number of carbonyl (C=O) groups excluding carboxylic acids is 1. The number of nitrogens with one attached hydrogen (secondary N) is 1. The molecule has 0 spiro atoms. The summed E-state index contributed by atoms with van der Waals surface area (Å²) in [6, 6.07) is 7.72. The summed E-state index contributed by atoms with van der Waals surface area (Å²) in [4.78, 5) is 11.5. The molecule has 1 aromatic rings. The van der Waals surface area contributed by atoms with Crippen molar-refractivity contribution in [3.8, 4) is 0 Å². The summed E-state index contributed by atoms with van der Waals surface area (Å²) in [6.07, 6.45) is 1.39. The lowest BCUT2D eigenvalue weighted by atomic mass is 9.96. The van der Waals surface area contributed by atoms with Crippen LogP contribution in [0.25, 0.3) is 0 Å². The molecule has 0 saturated carbocycles. The van der Waals surface area contributed by atoms with Crippen molar-refractivity contribution in [3.63, 3.8) is 0 Å². The maximum atomic E-state index is 11.5.